The third kappa shape index (κ3) is 6.18. The minimum Gasteiger partial charge on any atom is -0.478 e. The van der Waals surface area contributed by atoms with E-state index in [0.29, 0.717) is 11.1 Å². The number of ether oxygens (including phenoxy) is 1. The number of aromatic carboxylic acids is 1. The predicted molar refractivity (Wildman–Crippen MR) is 94.4 cm³/mol. The molecule has 0 unspecified atom stereocenters. The molecule has 142 valence electrons. The Morgan fingerprint density at radius 1 is 1.11 bits per heavy atom. The molecule has 0 atom stereocenters. The highest BCUT2D eigenvalue weighted by Crippen LogP contribution is 2.24. The van der Waals surface area contributed by atoms with Crippen LogP contribution in [0.1, 0.15) is 34.8 Å². The van der Waals surface area contributed by atoms with E-state index < -0.39 is 12.3 Å². The average Bonchev–Trinajstić information content (AvgIpc) is 2.59. The van der Waals surface area contributed by atoms with Gasteiger partial charge in [0.25, 0.3) is 0 Å². The van der Waals surface area contributed by atoms with Gasteiger partial charge in [-0.25, -0.2) is 4.79 Å². The Labute approximate surface area is 153 Å². The molecule has 0 bridgehead atoms. The van der Waals surface area contributed by atoms with Crippen molar-refractivity contribution in [3.63, 3.8) is 0 Å². The maximum absolute atomic E-state index is 12.3. The Balaban J connectivity index is 2.24. The molecule has 27 heavy (non-hydrogen) atoms. The maximum atomic E-state index is 12.3. The number of hydrogen-bond acceptors (Lipinski definition) is 3. The highest BCUT2D eigenvalue weighted by molar-refractivity contribution is 6.01. The molecule has 2 rings (SSSR count). The number of alkyl halides is 3. The van der Waals surface area contributed by atoms with Gasteiger partial charge in [-0.2, -0.15) is 0 Å². The van der Waals surface area contributed by atoms with E-state index in [4.69, 9.17) is 0 Å². The van der Waals surface area contributed by atoms with Crippen molar-refractivity contribution in [2.24, 2.45) is 0 Å². The highest BCUT2D eigenvalue weighted by Gasteiger charge is 2.31. The molecule has 0 aliphatic heterocycles. The van der Waals surface area contributed by atoms with Crippen LogP contribution in [0.4, 0.5) is 18.9 Å². The van der Waals surface area contributed by atoms with E-state index in [1.165, 1.54) is 36.4 Å². The molecule has 0 fully saturated rings. The number of nitrogens with one attached hydrogen (secondary N) is 1. The van der Waals surface area contributed by atoms with Gasteiger partial charge in [-0.05, 0) is 35.4 Å². The third-order valence-electron chi connectivity index (χ3n) is 3.43. The lowest BCUT2D eigenvalue weighted by Gasteiger charge is -2.09. The molecule has 0 spiro atoms. The van der Waals surface area contributed by atoms with Crippen molar-refractivity contribution in [3.05, 3.63) is 59.2 Å². The van der Waals surface area contributed by atoms with E-state index in [0.717, 1.165) is 0 Å². The molecule has 0 saturated carbocycles. The van der Waals surface area contributed by atoms with Gasteiger partial charge in [0, 0.05) is 6.42 Å². The number of halogens is 3. The maximum Gasteiger partial charge on any atom is 0.573 e. The van der Waals surface area contributed by atoms with Crippen molar-refractivity contribution in [1.29, 1.82) is 0 Å². The Hall–Kier alpha value is -3.29. The molecule has 0 heterocycles. The van der Waals surface area contributed by atoms with Crippen LogP contribution in [0.25, 0.3) is 12.2 Å². The lowest BCUT2D eigenvalue weighted by atomic mass is 10.1. The van der Waals surface area contributed by atoms with E-state index >= 15 is 0 Å². The van der Waals surface area contributed by atoms with Gasteiger partial charge >= 0.3 is 12.3 Å². The molecular formula is C19H16F3NO4. The first-order valence-electron chi connectivity index (χ1n) is 7.89. The lowest BCUT2D eigenvalue weighted by molar-refractivity contribution is -0.274. The number of carboxylic acid groups (broad SMARTS) is 1. The fraction of sp³-hybridized carbons (Fsp3) is 0.158. The van der Waals surface area contributed by atoms with Crippen LogP contribution in [0.5, 0.6) is 5.75 Å². The Kier molecular flexibility index (Phi) is 6.23. The summed E-state index contributed by atoms with van der Waals surface area (Å²) in [5.41, 5.74) is 1.03. The highest BCUT2D eigenvalue weighted by atomic mass is 19.4. The summed E-state index contributed by atoms with van der Waals surface area (Å²) in [7, 11) is 0. The van der Waals surface area contributed by atoms with Gasteiger partial charge in [-0.3, -0.25) is 4.79 Å². The molecule has 2 N–H and O–H groups in total. The quantitative estimate of drug-likeness (QED) is 0.707. The van der Waals surface area contributed by atoms with Gasteiger partial charge in [0.1, 0.15) is 5.75 Å². The van der Waals surface area contributed by atoms with Crippen molar-refractivity contribution in [2.75, 3.05) is 5.32 Å². The lowest BCUT2D eigenvalue weighted by Crippen LogP contribution is -2.17. The zero-order chi connectivity index (χ0) is 20.0. The van der Waals surface area contributed by atoms with Gasteiger partial charge in [-0.1, -0.05) is 37.3 Å². The standard InChI is InChI=1S/C19H16F3NO4/c1-2-17(24)23-16-9-8-13(11-15(16)18(25)26)7-6-12-4-3-5-14(10-12)27-19(20,21)22/h3-11H,2H2,1H3,(H,23,24)(H,25,26). The number of anilines is 1. The van der Waals surface area contributed by atoms with Crippen LogP contribution >= 0.6 is 0 Å². The number of hydrogen-bond donors (Lipinski definition) is 2. The molecule has 0 saturated heterocycles. The molecule has 5 nitrogen and oxygen atoms in total. The smallest absolute Gasteiger partial charge is 0.478 e. The van der Waals surface area contributed by atoms with E-state index in [9.17, 15) is 27.9 Å². The summed E-state index contributed by atoms with van der Waals surface area (Å²) in [6, 6.07) is 9.78. The molecule has 2 aromatic rings. The van der Waals surface area contributed by atoms with E-state index in [1.807, 2.05) is 0 Å². The normalized spacial score (nSPS) is 11.4. The van der Waals surface area contributed by atoms with Crippen molar-refractivity contribution < 1.29 is 32.6 Å². The SMILES string of the molecule is CCC(=O)Nc1ccc(C=Cc2cccc(OC(F)(F)F)c2)cc1C(=O)O. The van der Waals surface area contributed by atoms with Crippen LogP contribution in [-0.2, 0) is 4.79 Å². The number of rotatable bonds is 6. The second kappa shape index (κ2) is 8.39. The van der Waals surface area contributed by atoms with Gasteiger partial charge < -0.3 is 15.2 Å². The Bertz CT molecular complexity index is 875. The predicted octanol–water partition coefficient (Wildman–Crippen LogP) is 4.80. The number of carboxylic acids is 1. The van der Waals surface area contributed by atoms with Crippen molar-refractivity contribution in [3.8, 4) is 5.75 Å². The summed E-state index contributed by atoms with van der Waals surface area (Å²) in [5, 5.41) is 11.8. The van der Waals surface area contributed by atoms with Crippen LogP contribution < -0.4 is 10.1 Å². The first kappa shape index (κ1) is 20.0. The number of amides is 1. The molecule has 8 heteroatoms. The van der Waals surface area contributed by atoms with Crippen LogP contribution in [-0.4, -0.2) is 23.3 Å². The fourth-order valence-electron chi connectivity index (χ4n) is 2.20. The molecule has 0 aromatic heterocycles. The van der Waals surface area contributed by atoms with Gasteiger partial charge in [0.15, 0.2) is 0 Å². The monoisotopic (exact) mass is 379 g/mol. The first-order valence-corrected chi connectivity index (χ1v) is 7.89. The summed E-state index contributed by atoms with van der Waals surface area (Å²) in [6.07, 6.45) is -1.51. The second-order valence-electron chi connectivity index (χ2n) is 5.47. The first-order chi connectivity index (χ1) is 12.7. The Morgan fingerprint density at radius 2 is 1.78 bits per heavy atom. The molecule has 2 aromatic carbocycles. The van der Waals surface area contributed by atoms with Gasteiger partial charge in [0.2, 0.25) is 5.91 Å². The fourth-order valence-corrected chi connectivity index (χ4v) is 2.20. The molecule has 0 aliphatic rings. The molecular weight excluding hydrogens is 363 g/mol. The van der Waals surface area contributed by atoms with Crippen molar-refractivity contribution in [1.82, 2.24) is 0 Å². The van der Waals surface area contributed by atoms with E-state index in [2.05, 4.69) is 10.1 Å². The third-order valence-corrected chi connectivity index (χ3v) is 3.43. The second-order valence-corrected chi connectivity index (χ2v) is 5.47. The minimum absolute atomic E-state index is 0.0897. The summed E-state index contributed by atoms with van der Waals surface area (Å²) in [4.78, 5) is 22.9. The zero-order valence-electron chi connectivity index (χ0n) is 14.2. The molecule has 0 radical (unpaired) electrons. The largest absolute Gasteiger partial charge is 0.573 e. The van der Waals surface area contributed by atoms with Crippen LogP contribution in [0, 0.1) is 0 Å². The summed E-state index contributed by atoms with van der Waals surface area (Å²) in [6.45, 7) is 1.64. The van der Waals surface area contributed by atoms with Crippen LogP contribution in [0.3, 0.4) is 0 Å². The van der Waals surface area contributed by atoms with Gasteiger partial charge in [-0.15, -0.1) is 13.2 Å². The van der Waals surface area contributed by atoms with Crippen molar-refractivity contribution in [2.45, 2.75) is 19.7 Å². The van der Waals surface area contributed by atoms with Gasteiger partial charge in [0.05, 0.1) is 11.3 Å². The molecule has 0 aliphatic carbocycles. The number of carbonyl (C=O) groups is 2. The number of carbonyl (C=O) groups excluding carboxylic acids is 1. The van der Waals surface area contributed by atoms with Crippen LogP contribution in [0.2, 0.25) is 0 Å². The summed E-state index contributed by atoms with van der Waals surface area (Å²) in [5.74, 6) is -1.88. The average molecular weight is 379 g/mol. The number of benzene rings is 2. The molecule has 1 amide bonds. The zero-order valence-corrected chi connectivity index (χ0v) is 14.2. The van der Waals surface area contributed by atoms with E-state index in [1.54, 1.807) is 25.1 Å². The topological polar surface area (TPSA) is 75.6 Å². The summed E-state index contributed by atoms with van der Waals surface area (Å²) >= 11 is 0. The Morgan fingerprint density at radius 3 is 2.37 bits per heavy atom. The van der Waals surface area contributed by atoms with Crippen molar-refractivity contribution >= 4 is 29.7 Å². The summed E-state index contributed by atoms with van der Waals surface area (Å²) < 4.78 is 40.7. The van der Waals surface area contributed by atoms with E-state index in [-0.39, 0.29) is 29.3 Å². The minimum atomic E-state index is -4.78. The van der Waals surface area contributed by atoms with Crippen LogP contribution in [0.15, 0.2) is 42.5 Å².